The molecule has 0 spiro atoms. The van der Waals surface area contributed by atoms with E-state index in [1.807, 2.05) is 45.0 Å². The number of aliphatic hydroxyl groups is 2. The van der Waals surface area contributed by atoms with Gasteiger partial charge in [-0.3, -0.25) is 0 Å². The second-order valence-electron chi connectivity index (χ2n) is 5.71. The standard InChI is InChI=1S/C18H28O4/c1-5-6-17(19)14(3)18(20)13(2)11-22-12-15-7-9-16(21-4)10-8-15/h5-10,13-14,17-20H,11-12H2,1-4H3/b6-5+/t13-,14?,17+,18-/m0/s1. The third-order valence-electron chi connectivity index (χ3n) is 3.86. The maximum Gasteiger partial charge on any atom is 0.118 e. The van der Waals surface area contributed by atoms with E-state index in [1.54, 1.807) is 19.3 Å². The lowest BCUT2D eigenvalue weighted by Gasteiger charge is -2.27. The molecule has 0 aromatic heterocycles. The van der Waals surface area contributed by atoms with Gasteiger partial charge in [-0.2, -0.15) is 0 Å². The van der Waals surface area contributed by atoms with E-state index in [0.717, 1.165) is 11.3 Å². The first-order valence-corrected chi connectivity index (χ1v) is 7.69. The van der Waals surface area contributed by atoms with Crippen LogP contribution in [0.5, 0.6) is 5.75 Å². The highest BCUT2D eigenvalue weighted by molar-refractivity contribution is 5.26. The van der Waals surface area contributed by atoms with Gasteiger partial charge in [-0.05, 0) is 24.6 Å². The molecule has 0 fully saturated rings. The van der Waals surface area contributed by atoms with Gasteiger partial charge in [-0.15, -0.1) is 0 Å². The number of methoxy groups -OCH3 is 1. The monoisotopic (exact) mass is 308 g/mol. The Kier molecular flexibility index (Phi) is 8.17. The number of rotatable bonds is 9. The predicted molar refractivity (Wildman–Crippen MR) is 87.8 cm³/mol. The Bertz CT molecular complexity index is 441. The molecule has 4 atom stereocenters. The van der Waals surface area contributed by atoms with Crippen LogP contribution in [0.2, 0.25) is 0 Å². The predicted octanol–water partition coefficient (Wildman–Crippen LogP) is 2.78. The van der Waals surface area contributed by atoms with Crippen molar-refractivity contribution in [2.45, 2.75) is 39.6 Å². The summed E-state index contributed by atoms with van der Waals surface area (Å²) in [6, 6.07) is 7.70. The summed E-state index contributed by atoms with van der Waals surface area (Å²) >= 11 is 0. The van der Waals surface area contributed by atoms with Gasteiger partial charge in [0.05, 0.1) is 32.5 Å². The van der Waals surface area contributed by atoms with Gasteiger partial charge < -0.3 is 19.7 Å². The van der Waals surface area contributed by atoms with Crippen LogP contribution in [-0.4, -0.2) is 36.1 Å². The maximum atomic E-state index is 10.3. The number of aliphatic hydroxyl groups excluding tert-OH is 2. The minimum absolute atomic E-state index is 0.0480. The van der Waals surface area contributed by atoms with Crippen molar-refractivity contribution in [1.82, 2.24) is 0 Å². The second kappa shape index (κ2) is 9.62. The van der Waals surface area contributed by atoms with Gasteiger partial charge in [0, 0.05) is 11.8 Å². The van der Waals surface area contributed by atoms with Crippen molar-refractivity contribution in [3.63, 3.8) is 0 Å². The summed E-state index contributed by atoms with van der Waals surface area (Å²) in [4.78, 5) is 0. The van der Waals surface area contributed by atoms with Crippen LogP contribution in [0.3, 0.4) is 0 Å². The molecule has 4 nitrogen and oxygen atoms in total. The van der Waals surface area contributed by atoms with Crippen LogP contribution in [0.4, 0.5) is 0 Å². The maximum absolute atomic E-state index is 10.3. The summed E-state index contributed by atoms with van der Waals surface area (Å²) in [6.07, 6.45) is 2.24. The Balaban J connectivity index is 2.39. The summed E-state index contributed by atoms with van der Waals surface area (Å²) in [7, 11) is 1.64. The number of allylic oxidation sites excluding steroid dienone is 1. The molecule has 0 aliphatic carbocycles. The SMILES string of the molecule is C/C=C/[C@@H](O)C(C)[C@@H](O)[C@@H](C)COCc1ccc(OC)cc1. The van der Waals surface area contributed by atoms with Crippen LogP contribution in [0.1, 0.15) is 26.3 Å². The van der Waals surface area contributed by atoms with Crippen LogP contribution in [0, 0.1) is 11.8 Å². The van der Waals surface area contributed by atoms with E-state index in [2.05, 4.69) is 0 Å². The number of hydrogen-bond donors (Lipinski definition) is 2. The Labute approximate surface area is 133 Å². The normalized spacial score (nSPS) is 17.2. The Morgan fingerprint density at radius 1 is 1.14 bits per heavy atom. The smallest absolute Gasteiger partial charge is 0.118 e. The van der Waals surface area contributed by atoms with Crippen molar-refractivity contribution in [3.05, 3.63) is 42.0 Å². The zero-order valence-electron chi connectivity index (χ0n) is 13.9. The number of hydrogen-bond acceptors (Lipinski definition) is 4. The molecular weight excluding hydrogens is 280 g/mol. The molecule has 1 aromatic rings. The third-order valence-corrected chi connectivity index (χ3v) is 3.86. The van der Waals surface area contributed by atoms with Gasteiger partial charge in [0.15, 0.2) is 0 Å². The quantitative estimate of drug-likeness (QED) is 0.689. The van der Waals surface area contributed by atoms with Gasteiger partial charge in [0.2, 0.25) is 0 Å². The molecule has 0 aliphatic rings. The fraction of sp³-hybridized carbons (Fsp3) is 0.556. The Morgan fingerprint density at radius 3 is 2.32 bits per heavy atom. The minimum atomic E-state index is -0.635. The van der Waals surface area contributed by atoms with Crippen molar-refractivity contribution >= 4 is 0 Å². The number of benzene rings is 1. The first kappa shape index (κ1) is 18.7. The molecule has 1 rings (SSSR count). The Morgan fingerprint density at radius 2 is 1.77 bits per heavy atom. The van der Waals surface area contributed by atoms with Gasteiger partial charge in [-0.1, -0.05) is 38.1 Å². The molecule has 4 heteroatoms. The first-order chi connectivity index (χ1) is 10.5. The summed E-state index contributed by atoms with van der Waals surface area (Å²) < 4.78 is 10.8. The average Bonchev–Trinajstić information content (AvgIpc) is 2.54. The summed E-state index contributed by atoms with van der Waals surface area (Å²) in [6.45, 7) is 6.56. The highest BCUT2D eigenvalue weighted by Crippen LogP contribution is 2.19. The highest BCUT2D eigenvalue weighted by atomic mass is 16.5. The zero-order chi connectivity index (χ0) is 16.5. The lowest BCUT2D eigenvalue weighted by molar-refractivity contribution is -0.0230. The molecule has 0 saturated heterocycles. The third kappa shape index (κ3) is 5.79. The van der Waals surface area contributed by atoms with Crippen molar-refractivity contribution in [3.8, 4) is 5.75 Å². The largest absolute Gasteiger partial charge is 0.497 e. The van der Waals surface area contributed by atoms with Gasteiger partial charge in [-0.25, -0.2) is 0 Å². The van der Waals surface area contributed by atoms with E-state index in [1.165, 1.54) is 0 Å². The van der Waals surface area contributed by atoms with Crippen LogP contribution in [-0.2, 0) is 11.3 Å². The molecule has 0 radical (unpaired) electrons. The molecule has 0 saturated carbocycles. The average molecular weight is 308 g/mol. The van der Waals surface area contributed by atoms with Crippen molar-refractivity contribution in [2.75, 3.05) is 13.7 Å². The van der Waals surface area contributed by atoms with Crippen molar-refractivity contribution in [2.24, 2.45) is 11.8 Å². The van der Waals surface area contributed by atoms with Gasteiger partial charge in [0.1, 0.15) is 5.75 Å². The summed E-state index contributed by atoms with van der Waals surface area (Å²) in [5.41, 5.74) is 1.06. The van der Waals surface area contributed by atoms with Gasteiger partial charge in [0.25, 0.3) is 0 Å². The van der Waals surface area contributed by atoms with Crippen LogP contribution in [0.15, 0.2) is 36.4 Å². The molecule has 0 aliphatic heterocycles. The number of ether oxygens (including phenoxy) is 2. The van der Waals surface area contributed by atoms with E-state index >= 15 is 0 Å². The molecule has 0 bridgehead atoms. The zero-order valence-corrected chi connectivity index (χ0v) is 13.9. The summed E-state index contributed by atoms with van der Waals surface area (Å²) in [5, 5.41) is 20.1. The molecule has 1 aromatic carbocycles. The topological polar surface area (TPSA) is 58.9 Å². The molecule has 124 valence electrons. The van der Waals surface area contributed by atoms with E-state index in [9.17, 15) is 10.2 Å². The van der Waals surface area contributed by atoms with E-state index in [-0.39, 0.29) is 11.8 Å². The lowest BCUT2D eigenvalue weighted by Crippen LogP contribution is -2.35. The van der Waals surface area contributed by atoms with E-state index in [0.29, 0.717) is 13.2 Å². The molecule has 0 heterocycles. The fourth-order valence-corrected chi connectivity index (χ4v) is 2.28. The summed E-state index contributed by atoms with van der Waals surface area (Å²) in [5.74, 6) is 0.545. The second-order valence-corrected chi connectivity index (χ2v) is 5.71. The lowest BCUT2D eigenvalue weighted by atomic mass is 9.89. The van der Waals surface area contributed by atoms with Crippen molar-refractivity contribution < 1.29 is 19.7 Å². The van der Waals surface area contributed by atoms with Crippen LogP contribution >= 0.6 is 0 Å². The highest BCUT2D eigenvalue weighted by Gasteiger charge is 2.25. The van der Waals surface area contributed by atoms with Crippen LogP contribution in [0.25, 0.3) is 0 Å². The van der Waals surface area contributed by atoms with E-state index < -0.39 is 12.2 Å². The molecular formula is C18H28O4. The Hall–Kier alpha value is -1.36. The van der Waals surface area contributed by atoms with Gasteiger partial charge >= 0.3 is 0 Å². The fourth-order valence-electron chi connectivity index (χ4n) is 2.28. The molecule has 22 heavy (non-hydrogen) atoms. The minimum Gasteiger partial charge on any atom is -0.497 e. The van der Waals surface area contributed by atoms with Crippen LogP contribution < -0.4 is 4.74 Å². The first-order valence-electron chi connectivity index (χ1n) is 7.69. The molecule has 0 amide bonds. The van der Waals surface area contributed by atoms with Crippen molar-refractivity contribution in [1.29, 1.82) is 0 Å². The van der Waals surface area contributed by atoms with E-state index in [4.69, 9.17) is 9.47 Å². The molecule has 1 unspecified atom stereocenters. The molecule has 2 N–H and O–H groups in total.